The monoisotopic (exact) mass is 232 g/mol. The van der Waals surface area contributed by atoms with E-state index >= 15 is 0 Å². The molecule has 17 heavy (non-hydrogen) atoms. The summed E-state index contributed by atoms with van der Waals surface area (Å²) in [6, 6.07) is 7.94. The topological polar surface area (TPSA) is 46.3 Å². The molecule has 1 aliphatic rings. The van der Waals surface area contributed by atoms with Crippen LogP contribution in [0.1, 0.15) is 29.3 Å². The first kappa shape index (κ1) is 12.1. The van der Waals surface area contributed by atoms with Gasteiger partial charge < -0.3 is 10.6 Å². The average molecular weight is 232 g/mol. The molecule has 0 spiro atoms. The lowest BCUT2D eigenvalue weighted by molar-refractivity contribution is 0.0727. The van der Waals surface area contributed by atoms with Gasteiger partial charge in [0.05, 0.1) is 0 Å². The number of hydrogen-bond acceptors (Lipinski definition) is 2. The van der Waals surface area contributed by atoms with E-state index in [-0.39, 0.29) is 11.9 Å². The van der Waals surface area contributed by atoms with E-state index in [4.69, 9.17) is 5.73 Å². The van der Waals surface area contributed by atoms with E-state index in [0.717, 1.165) is 18.5 Å². The second-order valence-corrected chi connectivity index (χ2v) is 4.93. The fourth-order valence-electron chi connectivity index (χ4n) is 2.48. The van der Waals surface area contributed by atoms with Gasteiger partial charge in [-0.2, -0.15) is 0 Å². The molecule has 1 fully saturated rings. The van der Waals surface area contributed by atoms with Gasteiger partial charge in [0, 0.05) is 24.7 Å². The van der Waals surface area contributed by atoms with E-state index in [1.165, 1.54) is 5.56 Å². The molecule has 1 aromatic rings. The Bertz CT molecular complexity index is 399. The summed E-state index contributed by atoms with van der Waals surface area (Å²) in [4.78, 5) is 14.3. The van der Waals surface area contributed by atoms with Crippen LogP contribution in [0.3, 0.4) is 0 Å². The van der Waals surface area contributed by atoms with Crippen molar-refractivity contribution in [3.8, 4) is 0 Å². The van der Waals surface area contributed by atoms with Crippen molar-refractivity contribution in [2.75, 3.05) is 13.1 Å². The zero-order valence-electron chi connectivity index (χ0n) is 10.5. The Morgan fingerprint density at radius 1 is 1.41 bits per heavy atom. The molecule has 1 amide bonds. The summed E-state index contributed by atoms with van der Waals surface area (Å²) in [6.07, 6.45) is 1.06. The summed E-state index contributed by atoms with van der Waals surface area (Å²) >= 11 is 0. The molecule has 92 valence electrons. The van der Waals surface area contributed by atoms with Crippen molar-refractivity contribution < 1.29 is 4.79 Å². The van der Waals surface area contributed by atoms with Crippen LogP contribution in [-0.2, 0) is 0 Å². The van der Waals surface area contributed by atoms with Gasteiger partial charge in [-0.25, -0.2) is 0 Å². The predicted molar refractivity (Wildman–Crippen MR) is 68.8 cm³/mol. The van der Waals surface area contributed by atoms with Crippen molar-refractivity contribution in [1.29, 1.82) is 0 Å². The van der Waals surface area contributed by atoms with Crippen molar-refractivity contribution in [3.63, 3.8) is 0 Å². The summed E-state index contributed by atoms with van der Waals surface area (Å²) in [6.45, 7) is 5.57. The van der Waals surface area contributed by atoms with E-state index in [1.807, 2.05) is 36.1 Å². The van der Waals surface area contributed by atoms with Gasteiger partial charge in [0.2, 0.25) is 0 Å². The minimum absolute atomic E-state index is 0.116. The number of likely N-dealkylation sites (tertiary alicyclic amines) is 1. The molecule has 3 heteroatoms. The minimum atomic E-state index is 0.116. The quantitative estimate of drug-likeness (QED) is 0.845. The lowest BCUT2D eigenvalue weighted by Gasteiger charge is -2.25. The zero-order chi connectivity index (χ0) is 12.4. The Hall–Kier alpha value is -1.35. The number of aryl methyl sites for hydroxylation is 1. The lowest BCUT2D eigenvalue weighted by Crippen LogP contribution is -2.42. The van der Waals surface area contributed by atoms with Crippen LogP contribution in [0.4, 0.5) is 0 Å². The van der Waals surface area contributed by atoms with Gasteiger partial charge in [-0.1, -0.05) is 24.6 Å². The number of benzene rings is 1. The molecular weight excluding hydrogens is 212 g/mol. The SMILES string of the molecule is Cc1ccc(C(=O)N2CCC(C)C2CN)cc1. The van der Waals surface area contributed by atoms with Crippen molar-refractivity contribution in [2.24, 2.45) is 11.7 Å². The van der Waals surface area contributed by atoms with Crippen LogP contribution in [0, 0.1) is 12.8 Å². The van der Waals surface area contributed by atoms with Gasteiger partial charge in [0.15, 0.2) is 0 Å². The van der Waals surface area contributed by atoms with Crippen LogP contribution in [0.25, 0.3) is 0 Å². The summed E-state index contributed by atoms with van der Waals surface area (Å²) < 4.78 is 0. The summed E-state index contributed by atoms with van der Waals surface area (Å²) in [7, 11) is 0. The molecule has 2 rings (SSSR count). The smallest absolute Gasteiger partial charge is 0.254 e. The molecule has 0 aromatic heterocycles. The highest BCUT2D eigenvalue weighted by Gasteiger charge is 2.33. The molecule has 2 atom stereocenters. The summed E-state index contributed by atoms with van der Waals surface area (Å²) in [5, 5.41) is 0. The molecule has 1 aliphatic heterocycles. The fraction of sp³-hybridized carbons (Fsp3) is 0.500. The Morgan fingerprint density at radius 3 is 2.65 bits per heavy atom. The van der Waals surface area contributed by atoms with Crippen LogP contribution >= 0.6 is 0 Å². The van der Waals surface area contributed by atoms with E-state index in [2.05, 4.69) is 6.92 Å². The van der Waals surface area contributed by atoms with Gasteiger partial charge in [0.1, 0.15) is 0 Å². The van der Waals surface area contributed by atoms with Crippen LogP contribution in [0.2, 0.25) is 0 Å². The average Bonchev–Trinajstić information content (AvgIpc) is 2.70. The molecule has 2 unspecified atom stereocenters. The van der Waals surface area contributed by atoms with Gasteiger partial charge in [0.25, 0.3) is 5.91 Å². The highest BCUT2D eigenvalue weighted by atomic mass is 16.2. The highest BCUT2D eigenvalue weighted by Crippen LogP contribution is 2.24. The van der Waals surface area contributed by atoms with Gasteiger partial charge in [-0.05, 0) is 31.4 Å². The first-order valence-corrected chi connectivity index (χ1v) is 6.21. The fourth-order valence-corrected chi connectivity index (χ4v) is 2.48. The molecule has 1 saturated heterocycles. The molecule has 0 radical (unpaired) electrons. The molecule has 1 heterocycles. The first-order valence-electron chi connectivity index (χ1n) is 6.21. The van der Waals surface area contributed by atoms with Crippen LogP contribution in [0.5, 0.6) is 0 Å². The summed E-state index contributed by atoms with van der Waals surface area (Å²) in [5.41, 5.74) is 7.70. The molecule has 0 saturated carbocycles. The molecule has 2 N–H and O–H groups in total. The molecule has 0 aliphatic carbocycles. The van der Waals surface area contributed by atoms with E-state index in [1.54, 1.807) is 0 Å². The first-order chi connectivity index (χ1) is 8.13. The van der Waals surface area contributed by atoms with Gasteiger partial charge >= 0.3 is 0 Å². The van der Waals surface area contributed by atoms with Crippen molar-refractivity contribution in [3.05, 3.63) is 35.4 Å². The molecule has 3 nitrogen and oxygen atoms in total. The van der Waals surface area contributed by atoms with Crippen molar-refractivity contribution >= 4 is 5.91 Å². The molecule has 1 aromatic carbocycles. The van der Waals surface area contributed by atoms with Crippen molar-refractivity contribution in [1.82, 2.24) is 4.90 Å². The van der Waals surface area contributed by atoms with E-state index < -0.39 is 0 Å². The third-order valence-corrected chi connectivity index (χ3v) is 3.68. The number of hydrogen-bond donors (Lipinski definition) is 1. The molecular formula is C14H20N2O. The number of nitrogens with two attached hydrogens (primary N) is 1. The third kappa shape index (κ3) is 2.34. The highest BCUT2D eigenvalue weighted by molar-refractivity contribution is 5.94. The van der Waals surface area contributed by atoms with Gasteiger partial charge in [-0.15, -0.1) is 0 Å². The normalized spacial score (nSPS) is 24.1. The number of carbonyl (C=O) groups excluding carboxylic acids is 1. The number of rotatable bonds is 2. The third-order valence-electron chi connectivity index (χ3n) is 3.68. The van der Waals surface area contributed by atoms with E-state index in [9.17, 15) is 4.79 Å². The van der Waals surface area contributed by atoms with Crippen LogP contribution in [0.15, 0.2) is 24.3 Å². The maximum absolute atomic E-state index is 12.3. The van der Waals surface area contributed by atoms with Crippen LogP contribution < -0.4 is 5.73 Å². The largest absolute Gasteiger partial charge is 0.334 e. The minimum Gasteiger partial charge on any atom is -0.334 e. The lowest BCUT2D eigenvalue weighted by atomic mass is 10.0. The maximum Gasteiger partial charge on any atom is 0.254 e. The second-order valence-electron chi connectivity index (χ2n) is 4.93. The number of amides is 1. The Labute approximate surface area is 103 Å². The zero-order valence-corrected chi connectivity index (χ0v) is 10.5. The second kappa shape index (κ2) is 4.88. The van der Waals surface area contributed by atoms with E-state index in [0.29, 0.717) is 12.5 Å². The van der Waals surface area contributed by atoms with Crippen LogP contribution in [-0.4, -0.2) is 29.9 Å². The molecule has 0 bridgehead atoms. The number of nitrogens with zero attached hydrogens (tertiary/aromatic N) is 1. The van der Waals surface area contributed by atoms with Crippen molar-refractivity contribution in [2.45, 2.75) is 26.3 Å². The predicted octanol–water partition coefficient (Wildman–Crippen LogP) is 1.80. The Kier molecular flexibility index (Phi) is 3.48. The Morgan fingerprint density at radius 2 is 2.06 bits per heavy atom. The van der Waals surface area contributed by atoms with Gasteiger partial charge in [-0.3, -0.25) is 4.79 Å². The standard InChI is InChI=1S/C14H20N2O/c1-10-3-5-12(6-4-10)14(17)16-8-7-11(2)13(16)9-15/h3-6,11,13H,7-9,15H2,1-2H3. The summed E-state index contributed by atoms with van der Waals surface area (Å²) in [5.74, 6) is 0.624. The number of carbonyl (C=O) groups is 1. The Balaban J connectivity index is 2.17. The maximum atomic E-state index is 12.3.